The van der Waals surface area contributed by atoms with Gasteiger partial charge in [-0.25, -0.2) is 13.8 Å². The lowest BCUT2D eigenvalue weighted by molar-refractivity contribution is -0.140. The fraction of sp³-hybridized carbons (Fsp3) is 0.0769. The summed E-state index contributed by atoms with van der Waals surface area (Å²) in [6, 6.07) is 3.84. The molecular weight excluding hydrogens is 281 g/mol. The molecule has 104 valence electrons. The van der Waals surface area contributed by atoms with Crippen molar-refractivity contribution in [1.82, 2.24) is 4.98 Å². The molecule has 0 unspecified atom stereocenters. The third kappa shape index (κ3) is 2.81. The Morgan fingerprint density at radius 2 is 1.75 bits per heavy atom. The highest BCUT2D eigenvalue weighted by molar-refractivity contribution is 6.07. The number of aromatic nitrogens is 1. The molecule has 0 amide bonds. The van der Waals surface area contributed by atoms with Crippen LogP contribution in [0.3, 0.4) is 0 Å². The lowest BCUT2D eigenvalue weighted by atomic mass is 10.0. The van der Waals surface area contributed by atoms with Crippen molar-refractivity contribution in [3.63, 3.8) is 0 Å². The molecule has 7 heteroatoms. The molecule has 0 bridgehead atoms. The van der Waals surface area contributed by atoms with Crippen LogP contribution in [0.2, 0.25) is 0 Å². The van der Waals surface area contributed by atoms with E-state index in [2.05, 4.69) is 4.98 Å². The summed E-state index contributed by atoms with van der Waals surface area (Å²) in [4.78, 5) is 15.3. The highest BCUT2D eigenvalue weighted by Crippen LogP contribution is 2.31. The first kappa shape index (κ1) is 14.1. The van der Waals surface area contributed by atoms with Crippen molar-refractivity contribution in [2.24, 2.45) is 0 Å². The lowest BCUT2D eigenvalue weighted by Gasteiger charge is -2.08. The number of halogens is 5. The van der Waals surface area contributed by atoms with Gasteiger partial charge in [0, 0.05) is 5.56 Å². The number of hydrogen-bond donors (Lipinski definition) is 0. The third-order valence-electron chi connectivity index (χ3n) is 2.50. The summed E-state index contributed by atoms with van der Waals surface area (Å²) in [7, 11) is 0. The first-order valence-electron chi connectivity index (χ1n) is 5.32. The number of rotatable bonds is 2. The molecule has 0 saturated heterocycles. The molecule has 0 N–H and O–H groups in total. The number of ketones is 1. The molecule has 2 rings (SSSR count). The average molecular weight is 287 g/mol. The van der Waals surface area contributed by atoms with Crippen LogP contribution in [-0.2, 0) is 6.18 Å². The molecule has 20 heavy (non-hydrogen) atoms. The monoisotopic (exact) mass is 287 g/mol. The van der Waals surface area contributed by atoms with Crippen molar-refractivity contribution < 1.29 is 26.7 Å². The van der Waals surface area contributed by atoms with Crippen LogP contribution in [0.4, 0.5) is 22.0 Å². The first-order chi connectivity index (χ1) is 9.29. The molecule has 0 fully saturated rings. The summed E-state index contributed by atoms with van der Waals surface area (Å²) in [5.74, 6) is -3.01. The Bertz CT molecular complexity index is 649. The fourth-order valence-electron chi connectivity index (χ4n) is 1.54. The smallest absolute Gasteiger partial charge is 0.287 e. The topological polar surface area (TPSA) is 30.0 Å². The van der Waals surface area contributed by atoms with Gasteiger partial charge in [0.25, 0.3) is 0 Å². The van der Waals surface area contributed by atoms with E-state index < -0.39 is 29.2 Å². The molecule has 2 aromatic rings. The minimum Gasteiger partial charge on any atom is -0.287 e. The number of carbonyl (C=O) groups is 1. The Kier molecular flexibility index (Phi) is 3.52. The van der Waals surface area contributed by atoms with Gasteiger partial charge in [0.1, 0.15) is 17.3 Å². The minimum absolute atomic E-state index is 0.189. The van der Waals surface area contributed by atoms with Crippen molar-refractivity contribution >= 4 is 5.78 Å². The predicted molar refractivity (Wildman–Crippen MR) is 59.0 cm³/mol. The second-order valence-electron chi connectivity index (χ2n) is 3.88. The summed E-state index contributed by atoms with van der Waals surface area (Å²) in [5, 5.41) is 0. The van der Waals surface area contributed by atoms with Crippen LogP contribution in [0.5, 0.6) is 0 Å². The maximum absolute atomic E-state index is 13.3. The largest absolute Gasteiger partial charge is 0.419 e. The van der Waals surface area contributed by atoms with E-state index >= 15 is 0 Å². The van der Waals surface area contributed by atoms with E-state index in [0.717, 1.165) is 24.4 Å². The van der Waals surface area contributed by atoms with Gasteiger partial charge in [0.2, 0.25) is 5.78 Å². The van der Waals surface area contributed by atoms with Gasteiger partial charge in [-0.2, -0.15) is 13.2 Å². The number of nitrogens with zero attached hydrogens (tertiary/aromatic N) is 1. The van der Waals surface area contributed by atoms with Gasteiger partial charge >= 0.3 is 6.18 Å². The van der Waals surface area contributed by atoms with E-state index in [1.807, 2.05) is 0 Å². The summed E-state index contributed by atoms with van der Waals surface area (Å²) >= 11 is 0. The standard InChI is InChI=1S/C13H6F5NO/c14-8-2-4-11(19-6-8)12(20)7-1-3-9(10(15)5-7)13(16,17)18/h1-6H. The maximum Gasteiger partial charge on any atom is 0.419 e. The Hall–Kier alpha value is -2.31. The van der Waals surface area contributed by atoms with E-state index in [9.17, 15) is 26.7 Å². The molecule has 0 aliphatic carbocycles. The van der Waals surface area contributed by atoms with Crippen LogP contribution in [0.15, 0.2) is 36.5 Å². The van der Waals surface area contributed by atoms with E-state index in [-0.39, 0.29) is 11.3 Å². The first-order valence-corrected chi connectivity index (χ1v) is 5.32. The van der Waals surface area contributed by atoms with Gasteiger partial charge in [-0.1, -0.05) is 6.07 Å². The highest BCUT2D eigenvalue weighted by Gasteiger charge is 2.34. The fourth-order valence-corrected chi connectivity index (χ4v) is 1.54. The lowest BCUT2D eigenvalue weighted by Crippen LogP contribution is -2.10. The van der Waals surface area contributed by atoms with Crippen LogP contribution >= 0.6 is 0 Å². The summed E-state index contributed by atoms with van der Waals surface area (Å²) < 4.78 is 63.1. The second kappa shape index (κ2) is 4.99. The Balaban J connectivity index is 2.37. The van der Waals surface area contributed by atoms with Crippen LogP contribution in [-0.4, -0.2) is 10.8 Å². The van der Waals surface area contributed by atoms with E-state index in [1.54, 1.807) is 0 Å². The summed E-state index contributed by atoms with van der Waals surface area (Å²) in [6.45, 7) is 0. The molecule has 1 aromatic carbocycles. The molecule has 2 nitrogen and oxygen atoms in total. The van der Waals surface area contributed by atoms with Gasteiger partial charge in [-0.05, 0) is 24.3 Å². The summed E-state index contributed by atoms with van der Waals surface area (Å²) in [6.07, 6.45) is -4.05. The van der Waals surface area contributed by atoms with Gasteiger partial charge < -0.3 is 0 Å². The zero-order valence-electron chi connectivity index (χ0n) is 9.71. The Labute approximate surface area is 109 Å². The normalized spacial score (nSPS) is 11.4. The quantitative estimate of drug-likeness (QED) is 0.624. The van der Waals surface area contributed by atoms with Crippen LogP contribution < -0.4 is 0 Å². The van der Waals surface area contributed by atoms with Crippen LogP contribution in [0.1, 0.15) is 21.6 Å². The van der Waals surface area contributed by atoms with E-state index in [4.69, 9.17) is 0 Å². The zero-order valence-corrected chi connectivity index (χ0v) is 9.71. The highest BCUT2D eigenvalue weighted by atomic mass is 19.4. The van der Waals surface area contributed by atoms with Gasteiger partial charge in [0.15, 0.2) is 0 Å². The maximum atomic E-state index is 13.3. The SMILES string of the molecule is O=C(c1ccc(C(F)(F)F)c(F)c1)c1ccc(F)cn1. The van der Waals surface area contributed by atoms with Crippen LogP contribution in [0.25, 0.3) is 0 Å². The number of carbonyl (C=O) groups excluding carboxylic acids is 1. The van der Waals surface area contributed by atoms with E-state index in [1.165, 1.54) is 0 Å². The molecule has 0 radical (unpaired) electrons. The van der Waals surface area contributed by atoms with Crippen molar-refractivity contribution in [3.05, 3.63) is 65.0 Å². The molecule has 1 aromatic heterocycles. The van der Waals surface area contributed by atoms with Gasteiger partial charge in [-0.15, -0.1) is 0 Å². The molecule has 0 atom stereocenters. The number of pyridine rings is 1. The second-order valence-corrected chi connectivity index (χ2v) is 3.88. The van der Waals surface area contributed by atoms with Crippen molar-refractivity contribution in [3.8, 4) is 0 Å². The zero-order chi connectivity index (χ0) is 14.9. The minimum atomic E-state index is -4.83. The molecule has 1 heterocycles. The van der Waals surface area contributed by atoms with Crippen molar-refractivity contribution in [2.45, 2.75) is 6.18 Å². The number of alkyl halides is 3. The molecule has 0 aliphatic heterocycles. The Morgan fingerprint density at radius 1 is 1.05 bits per heavy atom. The molecule has 0 spiro atoms. The van der Waals surface area contributed by atoms with Crippen molar-refractivity contribution in [2.75, 3.05) is 0 Å². The van der Waals surface area contributed by atoms with Gasteiger partial charge in [-0.3, -0.25) is 4.79 Å². The molecule has 0 aliphatic rings. The number of benzene rings is 1. The summed E-state index contributed by atoms with van der Waals surface area (Å²) in [5.41, 5.74) is -1.94. The molecular formula is C13H6F5NO. The molecule has 0 saturated carbocycles. The average Bonchev–Trinajstić information content (AvgIpc) is 2.37. The third-order valence-corrected chi connectivity index (χ3v) is 2.50. The number of hydrogen-bond acceptors (Lipinski definition) is 2. The van der Waals surface area contributed by atoms with Crippen LogP contribution in [0, 0.1) is 11.6 Å². The Morgan fingerprint density at radius 3 is 2.25 bits per heavy atom. The van der Waals surface area contributed by atoms with Crippen molar-refractivity contribution in [1.29, 1.82) is 0 Å². The van der Waals surface area contributed by atoms with E-state index in [0.29, 0.717) is 12.1 Å². The predicted octanol–water partition coefficient (Wildman–Crippen LogP) is 3.61. The van der Waals surface area contributed by atoms with Gasteiger partial charge in [0.05, 0.1) is 11.8 Å².